The minimum absolute atomic E-state index is 0.0159. The van der Waals surface area contributed by atoms with E-state index in [1.165, 1.54) is 19.3 Å². The SMILES string of the molecule is CN(C)C[I-]C1CCCCC1(CO)c1cccc(O)c1. The van der Waals surface area contributed by atoms with Gasteiger partial charge in [-0.15, -0.1) is 0 Å². The number of phenolic OH excluding ortho intramolecular Hbond substituents is 1. The van der Waals surface area contributed by atoms with Crippen LogP contribution in [0.2, 0.25) is 0 Å². The summed E-state index contributed by atoms with van der Waals surface area (Å²) in [7, 11) is 4.25. The van der Waals surface area contributed by atoms with Crippen molar-refractivity contribution in [3.05, 3.63) is 29.8 Å². The molecule has 1 aliphatic rings. The van der Waals surface area contributed by atoms with Crippen LogP contribution in [0.3, 0.4) is 0 Å². The van der Waals surface area contributed by atoms with Crippen molar-refractivity contribution in [2.75, 3.05) is 25.3 Å². The molecule has 3 nitrogen and oxygen atoms in total. The maximum absolute atomic E-state index is 10.1. The van der Waals surface area contributed by atoms with Crippen LogP contribution in [0.5, 0.6) is 5.75 Å². The molecule has 2 unspecified atom stereocenters. The quantitative estimate of drug-likeness (QED) is 0.392. The van der Waals surface area contributed by atoms with Gasteiger partial charge in [0, 0.05) is 0 Å². The van der Waals surface area contributed by atoms with Crippen LogP contribution in [-0.4, -0.2) is 44.3 Å². The fourth-order valence-electron chi connectivity index (χ4n) is 3.05. The molecule has 2 atom stereocenters. The van der Waals surface area contributed by atoms with Crippen LogP contribution in [0.1, 0.15) is 31.2 Å². The Labute approximate surface area is 132 Å². The first kappa shape index (κ1) is 16.0. The third-order valence-electron chi connectivity index (χ3n) is 4.13. The van der Waals surface area contributed by atoms with Crippen LogP contribution in [0.25, 0.3) is 0 Å². The van der Waals surface area contributed by atoms with Crippen LogP contribution < -0.4 is 21.2 Å². The normalized spacial score (nSPS) is 27.1. The van der Waals surface area contributed by atoms with Crippen molar-refractivity contribution < 1.29 is 31.4 Å². The Hall–Kier alpha value is -0.330. The van der Waals surface area contributed by atoms with Crippen LogP contribution in [-0.2, 0) is 5.41 Å². The predicted molar refractivity (Wildman–Crippen MR) is 77.7 cm³/mol. The van der Waals surface area contributed by atoms with E-state index in [0.717, 1.165) is 16.5 Å². The van der Waals surface area contributed by atoms with Crippen molar-refractivity contribution in [1.29, 1.82) is 0 Å². The summed E-state index contributed by atoms with van der Waals surface area (Å²) >= 11 is 0.0159. The first-order valence-corrected chi connectivity index (χ1v) is 9.98. The van der Waals surface area contributed by atoms with E-state index in [1.807, 2.05) is 12.1 Å². The molecule has 1 saturated carbocycles. The number of phenols is 1. The molecule has 2 rings (SSSR count). The molecule has 0 spiro atoms. The molecule has 20 heavy (non-hydrogen) atoms. The zero-order valence-corrected chi connectivity index (χ0v) is 14.5. The van der Waals surface area contributed by atoms with E-state index in [4.69, 9.17) is 0 Å². The number of aliphatic hydroxyl groups is 1. The fourth-order valence-corrected chi connectivity index (χ4v) is 6.91. The van der Waals surface area contributed by atoms with Gasteiger partial charge >= 0.3 is 132 Å². The molecule has 0 aromatic heterocycles. The minimum atomic E-state index is -0.125. The summed E-state index contributed by atoms with van der Waals surface area (Å²) in [5, 5.41) is 19.9. The van der Waals surface area contributed by atoms with Crippen LogP contribution in [0.4, 0.5) is 0 Å². The molecule has 0 aliphatic heterocycles. The second-order valence-corrected chi connectivity index (χ2v) is 9.00. The first-order chi connectivity index (χ1) is 9.58. The summed E-state index contributed by atoms with van der Waals surface area (Å²) in [5.41, 5.74) is 1.00. The van der Waals surface area contributed by atoms with Crippen molar-refractivity contribution in [2.24, 2.45) is 0 Å². The molecule has 1 fully saturated rings. The van der Waals surface area contributed by atoms with E-state index in [-0.39, 0.29) is 33.2 Å². The number of halogens is 1. The monoisotopic (exact) mass is 390 g/mol. The van der Waals surface area contributed by atoms with Gasteiger partial charge in [0.2, 0.25) is 0 Å². The van der Waals surface area contributed by atoms with Gasteiger partial charge in [0.15, 0.2) is 0 Å². The summed E-state index contributed by atoms with van der Waals surface area (Å²) in [6.45, 7) is 0.203. The Balaban J connectivity index is 2.28. The number of rotatable bonds is 5. The van der Waals surface area contributed by atoms with Gasteiger partial charge in [-0.3, -0.25) is 0 Å². The van der Waals surface area contributed by atoms with Crippen LogP contribution in [0.15, 0.2) is 24.3 Å². The predicted octanol–water partition coefficient (Wildman–Crippen LogP) is -0.827. The van der Waals surface area contributed by atoms with Crippen LogP contribution in [0, 0.1) is 0 Å². The van der Waals surface area contributed by atoms with Crippen LogP contribution >= 0.6 is 0 Å². The first-order valence-electron chi connectivity index (χ1n) is 7.21. The molecule has 2 N–H and O–H groups in total. The van der Waals surface area contributed by atoms with E-state index < -0.39 is 0 Å². The topological polar surface area (TPSA) is 43.7 Å². The second-order valence-electron chi connectivity index (χ2n) is 5.93. The average Bonchev–Trinajstić information content (AvgIpc) is 2.45. The summed E-state index contributed by atoms with van der Waals surface area (Å²) in [6, 6.07) is 7.54. The summed E-state index contributed by atoms with van der Waals surface area (Å²) in [6.07, 6.45) is 4.72. The zero-order valence-electron chi connectivity index (χ0n) is 12.3. The van der Waals surface area contributed by atoms with Gasteiger partial charge in [-0.1, -0.05) is 0 Å². The fraction of sp³-hybridized carbons (Fsp3) is 0.625. The molecule has 0 amide bonds. The van der Waals surface area contributed by atoms with Crippen molar-refractivity contribution in [3.8, 4) is 5.75 Å². The molecule has 1 aromatic carbocycles. The molecule has 1 aromatic rings. The molecule has 0 radical (unpaired) electrons. The number of benzene rings is 1. The molecule has 1 aliphatic carbocycles. The molecule has 0 bridgehead atoms. The van der Waals surface area contributed by atoms with Gasteiger partial charge < -0.3 is 0 Å². The summed E-state index contributed by atoms with van der Waals surface area (Å²) < 4.78 is 1.76. The number of alkyl halides is 2. The molecule has 0 saturated heterocycles. The van der Waals surface area contributed by atoms with Gasteiger partial charge in [-0.25, -0.2) is 0 Å². The maximum atomic E-state index is 10.1. The molecular formula is C16H25INO2-. The van der Waals surface area contributed by atoms with Crippen molar-refractivity contribution in [3.63, 3.8) is 0 Å². The molecule has 0 heterocycles. The Kier molecular flexibility index (Phi) is 5.69. The Morgan fingerprint density at radius 3 is 2.80 bits per heavy atom. The summed E-state index contributed by atoms with van der Waals surface area (Å²) in [5.74, 6) is 0.311. The standard InChI is InChI=1S/C16H25INO2/c1-18(2)12-17-15-8-3-4-9-16(15,11-19)13-6-5-7-14(20)10-13/h5-7,10,15,19-20H,3-4,8-9,11-12H2,1-2H3/q-1. The second kappa shape index (κ2) is 7.09. The Bertz CT molecular complexity index is 438. The van der Waals surface area contributed by atoms with E-state index in [1.54, 1.807) is 6.07 Å². The number of nitrogens with zero attached hydrogens (tertiary/aromatic N) is 1. The average molecular weight is 390 g/mol. The van der Waals surface area contributed by atoms with Crippen molar-refractivity contribution >= 4 is 0 Å². The van der Waals surface area contributed by atoms with Crippen molar-refractivity contribution in [1.82, 2.24) is 4.90 Å². The Morgan fingerprint density at radius 2 is 2.15 bits per heavy atom. The third-order valence-corrected chi connectivity index (χ3v) is 8.76. The van der Waals surface area contributed by atoms with Gasteiger partial charge in [0.05, 0.1) is 0 Å². The Morgan fingerprint density at radius 1 is 1.35 bits per heavy atom. The van der Waals surface area contributed by atoms with E-state index in [9.17, 15) is 10.2 Å². The number of hydrogen-bond acceptors (Lipinski definition) is 3. The van der Waals surface area contributed by atoms with Gasteiger partial charge in [-0.05, 0) is 0 Å². The molecule has 4 heteroatoms. The number of hydrogen-bond donors (Lipinski definition) is 2. The molecule has 114 valence electrons. The number of aliphatic hydroxyl groups excluding tert-OH is 1. The van der Waals surface area contributed by atoms with Crippen molar-refractivity contribution in [2.45, 2.75) is 35.0 Å². The van der Waals surface area contributed by atoms with Gasteiger partial charge in [-0.2, -0.15) is 0 Å². The summed E-state index contributed by atoms with van der Waals surface area (Å²) in [4.78, 5) is 2.26. The third kappa shape index (κ3) is 3.46. The van der Waals surface area contributed by atoms with Gasteiger partial charge in [0.1, 0.15) is 0 Å². The van der Waals surface area contributed by atoms with Gasteiger partial charge in [0.25, 0.3) is 0 Å². The zero-order chi connectivity index (χ0) is 14.6. The van der Waals surface area contributed by atoms with E-state index in [2.05, 4.69) is 25.1 Å². The van der Waals surface area contributed by atoms with E-state index >= 15 is 0 Å². The van der Waals surface area contributed by atoms with E-state index in [0.29, 0.717) is 9.67 Å². The molecular weight excluding hydrogens is 365 g/mol. The number of aromatic hydroxyl groups is 1.